The van der Waals surface area contributed by atoms with Crippen LogP contribution in [0.3, 0.4) is 0 Å². The lowest BCUT2D eigenvalue weighted by molar-refractivity contribution is 0.0532. The fourth-order valence-corrected chi connectivity index (χ4v) is 3.44. The zero-order valence-corrected chi connectivity index (χ0v) is 13.5. The smallest absolute Gasteiger partial charge is 0.185 e. The van der Waals surface area contributed by atoms with E-state index in [0.29, 0.717) is 6.10 Å². The Morgan fingerprint density at radius 1 is 1.55 bits per heavy atom. The first-order chi connectivity index (χ1) is 9.74. The molecule has 5 nitrogen and oxygen atoms in total. The van der Waals surface area contributed by atoms with Crippen LogP contribution in [0.1, 0.15) is 24.4 Å². The summed E-state index contributed by atoms with van der Waals surface area (Å²) in [6, 6.07) is 0. The Kier molecular flexibility index (Phi) is 6.22. The number of anilines is 1. The van der Waals surface area contributed by atoms with Crippen LogP contribution < -0.4 is 10.2 Å². The molecule has 20 heavy (non-hydrogen) atoms. The van der Waals surface area contributed by atoms with Gasteiger partial charge in [-0.1, -0.05) is 6.92 Å². The lowest BCUT2D eigenvalue weighted by atomic mass is 10.3. The molecular formula is C14H25N3O2S. The molecule has 1 atom stereocenters. The Morgan fingerprint density at radius 2 is 2.40 bits per heavy atom. The Morgan fingerprint density at radius 3 is 3.10 bits per heavy atom. The van der Waals surface area contributed by atoms with Gasteiger partial charge in [-0.15, -0.1) is 11.3 Å². The molecule has 2 rings (SSSR count). The molecule has 1 aliphatic rings. The Balaban J connectivity index is 1.98. The van der Waals surface area contributed by atoms with E-state index in [0.717, 1.165) is 50.9 Å². The number of hydrogen-bond donors (Lipinski definition) is 1. The zero-order chi connectivity index (χ0) is 14.4. The van der Waals surface area contributed by atoms with E-state index in [9.17, 15) is 0 Å². The van der Waals surface area contributed by atoms with E-state index in [1.807, 2.05) is 0 Å². The van der Waals surface area contributed by atoms with E-state index < -0.39 is 0 Å². The number of nitrogens with one attached hydrogen (secondary N) is 1. The highest BCUT2D eigenvalue weighted by atomic mass is 32.1. The maximum atomic E-state index is 5.59. The molecule has 1 saturated heterocycles. The van der Waals surface area contributed by atoms with Crippen LogP contribution in [-0.4, -0.2) is 51.0 Å². The number of ether oxygens (including phenoxy) is 2. The van der Waals surface area contributed by atoms with Gasteiger partial charge in [-0.05, 0) is 13.3 Å². The van der Waals surface area contributed by atoms with Gasteiger partial charge in [0.15, 0.2) is 5.13 Å². The lowest BCUT2D eigenvalue weighted by Gasteiger charge is -2.30. The molecule has 0 aliphatic carbocycles. The molecule has 0 saturated carbocycles. The first kappa shape index (κ1) is 15.7. The third-order valence-corrected chi connectivity index (χ3v) is 4.54. The third-order valence-electron chi connectivity index (χ3n) is 3.38. The molecule has 0 spiro atoms. The average Bonchev–Trinajstić information content (AvgIpc) is 2.87. The molecule has 1 fully saturated rings. The van der Waals surface area contributed by atoms with Crippen molar-refractivity contribution in [3.8, 4) is 0 Å². The molecule has 6 heteroatoms. The van der Waals surface area contributed by atoms with Crippen LogP contribution in [0.25, 0.3) is 0 Å². The highest BCUT2D eigenvalue weighted by Crippen LogP contribution is 2.28. The van der Waals surface area contributed by atoms with Crippen molar-refractivity contribution < 1.29 is 9.47 Å². The Hall–Kier alpha value is -0.690. The number of methoxy groups -OCH3 is 1. The molecule has 0 amide bonds. The van der Waals surface area contributed by atoms with Crippen molar-refractivity contribution in [2.45, 2.75) is 32.9 Å². The summed E-state index contributed by atoms with van der Waals surface area (Å²) in [7, 11) is 1.73. The number of nitrogens with zero attached hydrogens (tertiary/aromatic N) is 2. The van der Waals surface area contributed by atoms with E-state index in [-0.39, 0.29) is 0 Å². The van der Waals surface area contributed by atoms with Crippen molar-refractivity contribution in [1.29, 1.82) is 0 Å². The van der Waals surface area contributed by atoms with E-state index in [4.69, 9.17) is 14.5 Å². The first-order valence-electron chi connectivity index (χ1n) is 7.29. The monoisotopic (exact) mass is 299 g/mol. The van der Waals surface area contributed by atoms with Crippen LogP contribution in [0.5, 0.6) is 0 Å². The minimum absolute atomic E-state index is 0.293. The van der Waals surface area contributed by atoms with Crippen molar-refractivity contribution in [2.24, 2.45) is 0 Å². The number of aromatic nitrogens is 1. The molecule has 1 N–H and O–H groups in total. The summed E-state index contributed by atoms with van der Waals surface area (Å²) in [6.07, 6.45) is 1.28. The van der Waals surface area contributed by atoms with Crippen LogP contribution in [0.4, 0.5) is 5.13 Å². The van der Waals surface area contributed by atoms with Crippen molar-refractivity contribution in [2.75, 3.05) is 44.9 Å². The number of morpholine rings is 1. The molecule has 0 bridgehead atoms. The predicted molar refractivity (Wildman–Crippen MR) is 82.7 cm³/mol. The van der Waals surface area contributed by atoms with E-state index in [1.54, 1.807) is 18.4 Å². The van der Waals surface area contributed by atoms with E-state index in [1.165, 1.54) is 10.6 Å². The first-order valence-corrected chi connectivity index (χ1v) is 8.11. The topological polar surface area (TPSA) is 46.6 Å². The van der Waals surface area contributed by atoms with Gasteiger partial charge in [0.1, 0.15) is 0 Å². The molecule has 1 aromatic rings. The fourth-order valence-electron chi connectivity index (χ4n) is 2.29. The second-order valence-corrected chi connectivity index (χ2v) is 6.08. The lowest BCUT2D eigenvalue weighted by Crippen LogP contribution is -2.41. The molecule has 2 heterocycles. The van der Waals surface area contributed by atoms with Gasteiger partial charge in [-0.3, -0.25) is 0 Å². The SMILES string of the molecule is CCc1nc(N2CCOC(C)C2)sc1CNCCOC. The maximum absolute atomic E-state index is 5.59. The Labute approximate surface area is 125 Å². The second-order valence-electron chi connectivity index (χ2n) is 5.02. The molecule has 0 aromatic carbocycles. The van der Waals surface area contributed by atoms with E-state index in [2.05, 4.69) is 24.1 Å². The third kappa shape index (κ3) is 4.15. The van der Waals surface area contributed by atoms with Crippen LogP contribution in [0.15, 0.2) is 0 Å². The quantitative estimate of drug-likeness (QED) is 0.776. The Bertz CT molecular complexity index is 411. The van der Waals surface area contributed by atoms with Crippen molar-refractivity contribution >= 4 is 16.5 Å². The van der Waals surface area contributed by atoms with Gasteiger partial charge in [-0.25, -0.2) is 4.98 Å². The highest BCUT2D eigenvalue weighted by Gasteiger charge is 2.21. The molecule has 1 aromatic heterocycles. The van der Waals surface area contributed by atoms with Crippen molar-refractivity contribution in [3.05, 3.63) is 10.6 Å². The summed E-state index contributed by atoms with van der Waals surface area (Å²) < 4.78 is 10.6. The van der Waals surface area contributed by atoms with Crippen LogP contribution in [-0.2, 0) is 22.4 Å². The summed E-state index contributed by atoms with van der Waals surface area (Å²) in [4.78, 5) is 8.49. The number of aryl methyl sites for hydroxylation is 1. The minimum atomic E-state index is 0.293. The van der Waals surface area contributed by atoms with Gasteiger partial charge in [0.25, 0.3) is 0 Å². The standard InChI is InChI=1S/C14H25N3O2S/c1-4-12-13(9-15-5-7-18-3)20-14(16-12)17-6-8-19-11(2)10-17/h11,15H,4-10H2,1-3H3. The summed E-state index contributed by atoms with van der Waals surface area (Å²) in [5, 5.41) is 4.54. The number of rotatable bonds is 7. The van der Waals surface area contributed by atoms with Gasteiger partial charge in [-0.2, -0.15) is 0 Å². The summed E-state index contributed by atoms with van der Waals surface area (Å²) in [5.74, 6) is 0. The summed E-state index contributed by atoms with van der Waals surface area (Å²) in [5.41, 5.74) is 1.22. The van der Waals surface area contributed by atoms with Gasteiger partial charge < -0.3 is 19.7 Å². The predicted octanol–water partition coefficient (Wildman–Crippen LogP) is 1.67. The van der Waals surface area contributed by atoms with Gasteiger partial charge >= 0.3 is 0 Å². The zero-order valence-electron chi connectivity index (χ0n) is 12.6. The molecule has 1 aliphatic heterocycles. The highest BCUT2D eigenvalue weighted by molar-refractivity contribution is 7.15. The average molecular weight is 299 g/mol. The number of thiazole rings is 1. The van der Waals surface area contributed by atoms with Crippen LogP contribution in [0, 0.1) is 0 Å². The number of hydrogen-bond acceptors (Lipinski definition) is 6. The second kappa shape index (κ2) is 7.93. The van der Waals surface area contributed by atoms with Gasteiger partial charge in [0.05, 0.1) is 25.0 Å². The van der Waals surface area contributed by atoms with Gasteiger partial charge in [0, 0.05) is 38.2 Å². The summed E-state index contributed by atoms with van der Waals surface area (Å²) >= 11 is 1.81. The molecule has 114 valence electrons. The largest absolute Gasteiger partial charge is 0.383 e. The maximum Gasteiger partial charge on any atom is 0.185 e. The van der Waals surface area contributed by atoms with Crippen molar-refractivity contribution in [1.82, 2.24) is 10.3 Å². The van der Waals surface area contributed by atoms with Gasteiger partial charge in [0.2, 0.25) is 0 Å². The van der Waals surface area contributed by atoms with Crippen LogP contribution >= 0.6 is 11.3 Å². The molecule has 1 unspecified atom stereocenters. The normalized spacial score (nSPS) is 19.6. The molecule has 0 radical (unpaired) electrons. The minimum Gasteiger partial charge on any atom is -0.383 e. The molecular weight excluding hydrogens is 274 g/mol. The summed E-state index contributed by atoms with van der Waals surface area (Å²) in [6.45, 7) is 9.46. The fraction of sp³-hybridized carbons (Fsp3) is 0.786. The van der Waals surface area contributed by atoms with E-state index >= 15 is 0 Å². The van der Waals surface area contributed by atoms with Crippen molar-refractivity contribution in [3.63, 3.8) is 0 Å². The van der Waals surface area contributed by atoms with Crippen LogP contribution in [0.2, 0.25) is 0 Å².